The molecule has 1 aromatic heterocycles. The third kappa shape index (κ3) is 5.23. The second-order valence-corrected chi connectivity index (χ2v) is 9.44. The van der Waals surface area contributed by atoms with Gasteiger partial charge in [-0.15, -0.1) is 0 Å². The first-order valence-corrected chi connectivity index (χ1v) is 11.2. The Balaban J connectivity index is 1.75. The van der Waals surface area contributed by atoms with Gasteiger partial charge < -0.3 is 9.15 Å². The van der Waals surface area contributed by atoms with Crippen molar-refractivity contribution in [3.63, 3.8) is 0 Å². The van der Waals surface area contributed by atoms with E-state index in [2.05, 4.69) is 37.9 Å². The van der Waals surface area contributed by atoms with Gasteiger partial charge in [-0.2, -0.15) is 0 Å². The van der Waals surface area contributed by atoms with Crippen LogP contribution in [0.2, 0.25) is 0 Å². The van der Waals surface area contributed by atoms with Crippen LogP contribution in [0.15, 0.2) is 77.2 Å². The van der Waals surface area contributed by atoms with Crippen LogP contribution in [-0.2, 0) is 5.41 Å². The summed E-state index contributed by atoms with van der Waals surface area (Å²) >= 11 is 0. The molecule has 168 valence electrons. The van der Waals surface area contributed by atoms with E-state index < -0.39 is 0 Å². The Bertz CT molecular complexity index is 1250. The van der Waals surface area contributed by atoms with Crippen molar-refractivity contribution in [2.24, 2.45) is 0 Å². The van der Waals surface area contributed by atoms with Gasteiger partial charge in [-0.25, -0.2) is 4.98 Å². The molecule has 0 aliphatic carbocycles. The van der Waals surface area contributed by atoms with Crippen molar-refractivity contribution in [1.82, 2.24) is 4.98 Å². The summed E-state index contributed by atoms with van der Waals surface area (Å²) in [5, 5.41) is 0. The van der Waals surface area contributed by atoms with Gasteiger partial charge in [-0.05, 0) is 72.9 Å². The molecule has 4 aromatic rings. The highest BCUT2D eigenvalue weighted by atomic mass is 16.5. The SMILES string of the molecule is CC(C)Oc1ccc(C(=O)C(=Cc2ccc(C(C)(C)C)cc2)c2nc3ccccc3o2)cc1. The van der Waals surface area contributed by atoms with E-state index in [1.807, 2.05) is 68.5 Å². The van der Waals surface area contributed by atoms with Crippen LogP contribution in [0.3, 0.4) is 0 Å². The molecule has 0 spiro atoms. The molecule has 0 saturated carbocycles. The van der Waals surface area contributed by atoms with Gasteiger partial charge in [0.05, 0.1) is 11.7 Å². The maximum absolute atomic E-state index is 13.6. The predicted octanol–water partition coefficient (Wildman–Crippen LogP) is 7.34. The number of ketones is 1. The lowest BCUT2D eigenvalue weighted by Crippen LogP contribution is -2.10. The molecule has 0 unspecified atom stereocenters. The van der Waals surface area contributed by atoms with Crippen molar-refractivity contribution >= 4 is 28.5 Å². The summed E-state index contributed by atoms with van der Waals surface area (Å²) in [5.74, 6) is 0.882. The molecule has 0 amide bonds. The van der Waals surface area contributed by atoms with Crippen molar-refractivity contribution < 1.29 is 13.9 Å². The van der Waals surface area contributed by atoms with E-state index >= 15 is 0 Å². The number of Topliss-reactive ketones (excluding diaryl/α,β-unsaturated/α-hetero) is 1. The third-order valence-corrected chi connectivity index (χ3v) is 5.34. The predicted molar refractivity (Wildman–Crippen MR) is 134 cm³/mol. The molecule has 4 rings (SSSR count). The Hall–Kier alpha value is -3.66. The second kappa shape index (κ2) is 9.07. The largest absolute Gasteiger partial charge is 0.491 e. The van der Waals surface area contributed by atoms with Crippen molar-refractivity contribution in [2.75, 3.05) is 0 Å². The number of carbonyl (C=O) groups excluding carboxylic acids is 1. The minimum absolute atomic E-state index is 0.0565. The number of ether oxygens (including phenoxy) is 1. The Morgan fingerprint density at radius 2 is 1.61 bits per heavy atom. The van der Waals surface area contributed by atoms with Gasteiger partial charge in [-0.3, -0.25) is 4.79 Å². The molecule has 0 bridgehead atoms. The van der Waals surface area contributed by atoms with E-state index in [-0.39, 0.29) is 17.3 Å². The lowest BCUT2D eigenvalue weighted by molar-refractivity contribution is 0.105. The van der Waals surface area contributed by atoms with E-state index in [0.29, 0.717) is 22.6 Å². The lowest BCUT2D eigenvalue weighted by Gasteiger charge is -2.18. The van der Waals surface area contributed by atoms with Crippen molar-refractivity contribution in [3.8, 4) is 5.75 Å². The molecular weight excluding hydrogens is 410 g/mol. The fraction of sp³-hybridized carbons (Fsp3) is 0.241. The number of allylic oxidation sites excluding steroid dienone is 1. The van der Waals surface area contributed by atoms with Gasteiger partial charge in [0.25, 0.3) is 0 Å². The highest BCUT2D eigenvalue weighted by Crippen LogP contribution is 2.28. The van der Waals surface area contributed by atoms with Gasteiger partial charge >= 0.3 is 0 Å². The summed E-state index contributed by atoms with van der Waals surface area (Å²) in [6, 6.07) is 22.9. The van der Waals surface area contributed by atoms with E-state index in [9.17, 15) is 4.79 Å². The first kappa shape index (κ1) is 22.5. The quantitative estimate of drug-likeness (QED) is 0.233. The van der Waals surface area contributed by atoms with E-state index in [1.165, 1.54) is 5.56 Å². The molecule has 0 atom stereocenters. The van der Waals surface area contributed by atoms with Crippen molar-refractivity contribution in [2.45, 2.75) is 46.1 Å². The van der Waals surface area contributed by atoms with Gasteiger partial charge in [0.1, 0.15) is 11.3 Å². The number of carbonyl (C=O) groups is 1. The van der Waals surface area contributed by atoms with Crippen LogP contribution in [0.4, 0.5) is 0 Å². The van der Waals surface area contributed by atoms with E-state index in [4.69, 9.17) is 9.15 Å². The number of hydrogen-bond acceptors (Lipinski definition) is 4. The molecule has 3 aromatic carbocycles. The van der Waals surface area contributed by atoms with Crippen molar-refractivity contribution in [1.29, 1.82) is 0 Å². The summed E-state index contributed by atoms with van der Waals surface area (Å²) in [5.41, 5.74) is 4.52. The monoisotopic (exact) mass is 439 g/mol. The third-order valence-electron chi connectivity index (χ3n) is 5.34. The summed E-state index contributed by atoms with van der Waals surface area (Å²) in [6.07, 6.45) is 1.91. The topological polar surface area (TPSA) is 52.3 Å². The Kier molecular flexibility index (Phi) is 6.19. The fourth-order valence-corrected chi connectivity index (χ4v) is 3.57. The van der Waals surface area contributed by atoms with E-state index in [0.717, 1.165) is 16.8 Å². The Labute approximate surface area is 194 Å². The molecule has 0 N–H and O–H groups in total. The number of para-hydroxylation sites is 2. The second-order valence-electron chi connectivity index (χ2n) is 9.44. The van der Waals surface area contributed by atoms with Gasteiger partial charge in [-0.1, -0.05) is 57.2 Å². The van der Waals surface area contributed by atoms with Gasteiger partial charge in [0.15, 0.2) is 11.4 Å². The number of aromatic nitrogens is 1. The number of fused-ring (bicyclic) bond motifs is 1. The first-order chi connectivity index (χ1) is 15.7. The minimum Gasteiger partial charge on any atom is -0.491 e. The smallest absolute Gasteiger partial charge is 0.231 e. The van der Waals surface area contributed by atoms with Crippen LogP contribution in [0, 0.1) is 0 Å². The van der Waals surface area contributed by atoms with Crippen LogP contribution in [0.5, 0.6) is 5.75 Å². The summed E-state index contributed by atoms with van der Waals surface area (Å²) in [4.78, 5) is 18.2. The number of nitrogens with zero attached hydrogens (tertiary/aromatic N) is 1. The summed E-state index contributed by atoms with van der Waals surface area (Å²) in [6.45, 7) is 10.5. The Morgan fingerprint density at radius 1 is 0.939 bits per heavy atom. The molecular formula is C29H29NO3. The average Bonchev–Trinajstić information content (AvgIpc) is 3.21. The maximum Gasteiger partial charge on any atom is 0.231 e. The van der Waals surface area contributed by atoms with Crippen LogP contribution in [-0.4, -0.2) is 16.9 Å². The molecule has 0 radical (unpaired) electrons. The highest BCUT2D eigenvalue weighted by molar-refractivity contribution is 6.31. The molecule has 4 nitrogen and oxygen atoms in total. The van der Waals surface area contributed by atoms with Crippen molar-refractivity contribution in [3.05, 3.63) is 95.4 Å². The van der Waals surface area contributed by atoms with Crippen LogP contribution in [0.1, 0.15) is 62.0 Å². The Morgan fingerprint density at radius 3 is 2.21 bits per heavy atom. The number of oxazole rings is 1. The molecule has 0 aliphatic rings. The molecule has 33 heavy (non-hydrogen) atoms. The normalized spacial score (nSPS) is 12.4. The molecule has 1 heterocycles. The maximum atomic E-state index is 13.6. The first-order valence-electron chi connectivity index (χ1n) is 11.2. The highest BCUT2D eigenvalue weighted by Gasteiger charge is 2.21. The average molecular weight is 440 g/mol. The zero-order valence-electron chi connectivity index (χ0n) is 19.8. The van der Waals surface area contributed by atoms with Crippen LogP contribution < -0.4 is 4.74 Å². The molecule has 0 aliphatic heterocycles. The minimum atomic E-state index is -0.155. The summed E-state index contributed by atoms with van der Waals surface area (Å²) in [7, 11) is 0. The van der Waals surface area contributed by atoms with E-state index in [1.54, 1.807) is 12.1 Å². The lowest BCUT2D eigenvalue weighted by atomic mass is 9.86. The number of benzene rings is 3. The van der Waals surface area contributed by atoms with Crippen LogP contribution in [0.25, 0.3) is 22.7 Å². The standard InChI is InChI=1S/C29H29NO3/c1-19(2)32-23-16-12-21(13-17-23)27(31)24(28-30-25-8-6-7-9-26(25)33-28)18-20-10-14-22(15-11-20)29(3,4)5/h6-19H,1-5H3. The van der Waals surface area contributed by atoms with Crippen LogP contribution >= 0.6 is 0 Å². The van der Waals surface area contributed by atoms with Gasteiger partial charge in [0.2, 0.25) is 5.89 Å². The number of rotatable bonds is 6. The molecule has 0 saturated heterocycles. The van der Waals surface area contributed by atoms with Gasteiger partial charge in [0, 0.05) is 5.56 Å². The zero-order valence-corrected chi connectivity index (χ0v) is 19.8. The molecule has 4 heteroatoms. The zero-order chi connectivity index (χ0) is 23.6. The summed E-state index contributed by atoms with van der Waals surface area (Å²) < 4.78 is 11.7. The number of hydrogen-bond donors (Lipinski definition) is 0. The molecule has 0 fully saturated rings. The fourth-order valence-electron chi connectivity index (χ4n) is 3.57.